The lowest BCUT2D eigenvalue weighted by Gasteiger charge is -2.09. The molecule has 4 N–H and O–H groups in total. The molecule has 4 heteroatoms. The van der Waals surface area contributed by atoms with Gasteiger partial charge in [0.25, 0.3) is 0 Å². The molecule has 0 aliphatic carbocycles. The van der Waals surface area contributed by atoms with Crippen LogP contribution in [0.15, 0.2) is 42.5 Å². The number of para-hydroxylation sites is 1. The SMILES string of the molecule is Oc1cc(O)c(O)c(Nc2ccccc2)c1. The molecule has 0 fully saturated rings. The summed E-state index contributed by atoms with van der Waals surface area (Å²) in [4.78, 5) is 0. The van der Waals surface area contributed by atoms with Gasteiger partial charge in [-0.1, -0.05) is 18.2 Å². The van der Waals surface area contributed by atoms with E-state index >= 15 is 0 Å². The second-order valence-electron chi connectivity index (χ2n) is 3.35. The quantitative estimate of drug-likeness (QED) is 0.460. The number of aromatic hydroxyl groups is 3. The Morgan fingerprint density at radius 1 is 0.875 bits per heavy atom. The first-order valence-corrected chi connectivity index (χ1v) is 4.74. The minimum atomic E-state index is -0.363. The van der Waals surface area contributed by atoms with Crippen LogP contribution in [0.3, 0.4) is 0 Å². The molecule has 0 radical (unpaired) electrons. The van der Waals surface area contributed by atoms with Crippen LogP contribution in [-0.4, -0.2) is 15.3 Å². The average Bonchev–Trinajstić information content (AvgIpc) is 2.27. The third kappa shape index (κ3) is 2.00. The number of nitrogens with one attached hydrogen (secondary N) is 1. The number of phenolic OH excluding ortho intramolecular Hbond substituents is 3. The molecule has 0 spiro atoms. The van der Waals surface area contributed by atoms with Crippen molar-refractivity contribution >= 4 is 11.4 Å². The maximum absolute atomic E-state index is 9.56. The van der Waals surface area contributed by atoms with Crippen molar-refractivity contribution in [3.8, 4) is 17.2 Å². The van der Waals surface area contributed by atoms with Gasteiger partial charge in [0.1, 0.15) is 5.75 Å². The van der Waals surface area contributed by atoms with Crippen LogP contribution in [0.25, 0.3) is 0 Å². The molecule has 0 amide bonds. The molecule has 0 aliphatic heterocycles. The maximum Gasteiger partial charge on any atom is 0.181 e. The van der Waals surface area contributed by atoms with Gasteiger partial charge in [0, 0.05) is 17.8 Å². The first kappa shape index (κ1) is 10.2. The lowest BCUT2D eigenvalue weighted by atomic mass is 10.2. The largest absolute Gasteiger partial charge is 0.508 e. The minimum absolute atomic E-state index is 0.117. The van der Waals surface area contributed by atoms with Crippen molar-refractivity contribution in [3.63, 3.8) is 0 Å². The van der Waals surface area contributed by atoms with Gasteiger partial charge in [-0.05, 0) is 12.1 Å². The third-order valence-corrected chi connectivity index (χ3v) is 2.13. The summed E-state index contributed by atoms with van der Waals surface area (Å²) in [5.41, 5.74) is 1.01. The lowest BCUT2D eigenvalue weighted by molar-refractivity contribution is 0.398. The molecule has 2 aromatic carbocycles. The molecule has 0 saturated carbocycles. The Labute approximate surface area is 92.4 Å². The van der Waals surface area contributed by atoms with E-state index in [2.05, 4.69) is 5.32 Å². The van der Waals surface area contributed by atoms with Crippen molar-refractivity contribution in [2.75, 3.05) is 5.32 Å². The van der Waals surface area contributed by atoms with Crippen molar-refractivity contribution < 1.29 is 15.3 Å². The van der Waals surface area contributed by atoms with E-state index in [-0.39, 0.29) is 22.9 Å². The fourth-order valence-electron chi connectivity index (χ4n) is 1.38. The van der Waals surface area contributed by atoms with Crippen LogP contribution in [0.5, 0.6) is 17.2 Å². The molecule has 0 aromatic heterocycles. The number of benzene rings is 2. The maximum atomic E-state index is 9.56. The summed E-state index contributed by atoms with van der Waals surface area (Å²) in [6, 6.07) is 11.6. The molecular weight excluding hydrogens is 206 g/mol. The normalized spacial score (nSPS) is 10.0. The summed E-state index contributed by atoms with van der Waals surface area (Å²) < 4.78 is 0. The molecule has 0 aliphatic rings. The van der Waals surface area contributed by atoms with E-state index in [0.717, 1.165) is 11.8 Å². The van der Waals surface area contributed by atoms with Crippen molar-refractivity contribution in [1.82, 2.24) is 0 Å². The number of hydrogen-bond acceptors (Lipinski definition) is 4. The molecule has 0 saturated heterocycles. The summed E-state index contributed by atoms with van der Waals surface area (Å²) in [6.07, 6.45) is 0. The summed E-state index contributed by atoms with van der Waals surface area (Å²) in [6.45, 7) is 0. The van der Waals surface area contributed by atoms with Crippen LogP contribution in [0, 0.1) is 0 Å². The van der Waals surface area contributed by atoms with Gasteiger partial charge in [-0.25, -0.2) is 0 Å². The number of hydrogen-bond donors (Lipinski definition) is 4. The van der Waals surface area contributed by atoms with Crippen LogP contribution in [0.4, 0.5) is 11.4 Å². The molecular formula is C12H11NO3. The van der Waals surface area contributed by atoms with Crippen LogP contribution in [0.1, 0.15) is 0 Å². The highest BCUT2D eigenvalue weighted by atomic mass is 16.3. The predicted octanol–water partition coefficient (Wildman–Crippen LogP) is 2.55. The zero-order valence-electron chi connectivity index (χ0n) is 8.38. The Hall–Kier alpha value is -2.36. The van der Waals surface area contributed by atoms with E-state index in [1.165, 1.54) is 6.07 Å². The van der Waals surface area contributed by atoms with Crippen molar-refractivity contribution in [3.05, 3.63) is 42.5 Å². The molecule has 16 heavy (non-hydrogen) atoms. The zero-order chi connectivity index (χ0) is 11.5. The average molecular weight is 217 g/mol. The number of rotatable bonds is 2. The lowest BCUT2D eigenvalue weighted by Crippen LogP contribution is -1.90. The fourth-order valence-corrected chi connectivity index (χ4v) is 1.38. The summed E-state index contributed by atoms with van der Waals surface area (Å²) >= 11 is 0. The standard InChI is InChI=1S/C12H11NO3/c14-9-6-10(12(16)11(15)7-9)13-8-4-2-1-3-5-8/h1-7,13-16H. The number of phenols is 3. The van der Waals surface area contributed by atoms with Crippen LogP contribution in [-0.2, 0) is 0 Å². The molecule has 0 atom stereocenters. The van der Waals surface area contributed by atoms with Crippen molar-refractivity contribution in [1.29, 1.82) is 0 Å². The van der Waals surface area contributed by atoms with Gasteiger partial charge in [0.15, 0.2) is 11.5 Å². The van der Waals surface area contributed by atoms with E-state index in [9.17, 15) is 15.3 Å². The Balaban J connectivity index is 2.35. The van der Waals surface area contributed by atoms with Gasteiger partial charge in [-0.15, -0.1) is 0 Å². The monoisotopic (exact) mass is 217 g/mol. The summed E-state index contributed by atoms with van der Waals surface area (Å²) in [5, 5.41) is 31.0. The Kier molecular flexibility index (Phi) is 2.55. The first-order valence-electron chi connectivity index (χ1n) is 4.74. The zero-order valence-corrected chi connectivity index (χ0v) is 8.38. The highest BCUT2D eigenvalue weighted by molar-refractivity contribution is 5.71. The molecule has 4 nitrogen and oxygen atoms in total. The van der Waals surface area contributed by atoms with Crippen molar-refractivity contribution in [2.24, 2.45) is 0 Å². The fraction of sp³-hybridized carbons (Fsp3) is 0. The molecule has 2 rings (SSSR count). The van der Waals surface area contributed by atoms with Crippen LogP contribution < -0.4 is 5.32 Å². The van der Waals surface area contributed by atoms with Crippen molar-refractivity contribution in [2.45, 2.75) is 0 Å². The summed E-state index contributed by atoms with van der Waals surface area (Å²) in [5.74, 6) is -0.770. The van der Waals surface area contributed by atoms with Gasteiger partial charge < -0.3 is 20.6 Å². The van der Waals surface area contributed by atoms with E-state index < -0.39 is 0 Å². The summed E-state index contributed by atoms with van der Waals surface area (Å²) in [7, 11) is 0. The smallest absolute Gasteiger partial charge is 0.181 e. The van der Waals surface area contributed by atoms with Gasteiger partial charge >= 0.3 is 0 Å². The van der Waals surface area contributed by atoms with E-state index in [1.807, 2.05) is 18.2 Å². The molecule has 0 unspecified atom stereocenters. The van der Waals surface area contributed by atoms with Gasteiger partial charge in [-0.2, -0.15) is 0 Å². The first-order chi connectivity index (χ1) is 7.66. The minimum Gasteiger partial charge on any atom is -0.508 e. The molecule has 2 aromatic rings. The molecule has 0 heterocycles. The third-order valence-electron chi connectivity index (χ3n) is 2.13. The van der Waals surface area contributed by atoms with Gasteiger partial charge in [-0.3, -0.25) is 0 Å². The topological polar surface area (TPSA) is 72.7 Å². The second-order valence-corrected chi connectivity index (χ2v) is 3.35. The van der Waals surface area contributed by atoms with Crippen LogP contribution in [0.2, 0.25) is 0 Å². The highest BCUT2D eigenvalue weighted by Crippen LogP contribution is 2.38. The predicted molar refractivity (Wildman–Crippen MR) is 61.2 cm³/mol. The van der Waals surface area contributed by atoms with E-state index in [1.54, 1.807) is 12.1 Å². The molecule has 82 valence electrons. The highest BCUT2D eigenvalue weighted by Gasteiger charge is 2.08. The van der Waals surface area contributed by atoms with E-state index in [4.69, 9.17) is 0 Å². The van der Waals surface area contributed by atoms with Gasteiger partial charge in [0.05, 0.1) is 5.69 Å². The Bertz CT molecular complexity index is 497. The Morgan fingerprint density at radius 3 is 2.25 bits per heavy atom. The van der Waals surface area contributed by atoms with E-state index in [0.29, 0.717) is 0 Å². The van der Waals surface area contributed by atoms with Gasteiger partial charge in [0.2, 0.25) is 0 Å². The second kappa shape index (κ2) is 4.02. The number of anilines is 2. The van der Waals surface area contributed by atoms with Crippen LogP contribution >= 0.6 is 0 Å². The Morgan fingerprint density at radius 2 is 1.56 bits per heavy atom. The molecule has 0 bridgehead atoms.